The molecule has 0 saturated carbocycles. The highest BCUT2D eigenvalue weighted by Crippen LogP contribution is 2.25. The van der Waals surface area contributed by atoms with Crippen LogP contribution < -0.4 is 15.8 Å². The predicted molar refractivity (Wildman–Crippen MR) is 54.6 cm³/mol. The van der Waals surface area contributed by atoms with Crippen molar-refractivity contribution in [3.63, 3.8) is 0 Å². The fraction of sp³-hybridized carbons (Fsp3) is 0.444. The van der Waals surface area contributed by atoms with Gasteiger partial charge in [-0.15, -0.1) is 0 Å². The lowest BCUT2D eigenvalue weighted by atomic mass is 10.3. The van der Waals surface area contributed by atoms with E-state index in [2.05, 4.69) is 10.3 Å². The van der Waals surface area contributed by atoms with E-state index in [4.69, 9.17) is 10.5 Å². The first-order chi connectivity index (χ1) is 7.86. The molecule has 0 aliphatic heterocycles. The molecule has 8 heteroatoms. The second kappa shape index (κ2) is 5.07. The minimum absolute atomic E-state index is 0.0656. The molecule has 96 valence electrons. The molecule has 0 unspecified atom stereocenters. The van der Waals surface area contributed by atoms with Crippen LogP contribution in [0.3, 0.4) is 0 Å². The molecule has 1 aromatic heterocycles. The van der Waals surface area contributed by atoms with E-state index in [0.717, 1.165) is 0 Å². The fourth-order valence-corrected chi connectivity index (χ4v) is 0.986. The number of nitrogens with two attached hydrogens (primary N) is 1. The molecule has 0 amide bonds. The molecular weight excluding hydrogens is 242 g/mol. The van der Waals surface area contributed by atoms with Crippen molar-refractivity contribution >= 4 is 11.5 Å². The van der Waals surface area contributed by atoms with E-state index in [1.54, 1.807) is 0 Å². The van der Waals surface area contributed by atoms with E-state index >= 15 is 0 Å². The van der Waals surface area contributed by atoms with Crippen molar-refractivity contribution in [3.05, 3.63) is 12.1 Å². The van der Waals surface area contributed by atoms with Gasteiger partial charge in [0.2, 0.25) is 5.88 Å². The highest BCUT2D eigenvalue weighted by atomic mass is 19.3. The number of methoxy groups -OCH3 is 1. The molecule has 1 heterocycles. The van der Waals surface area contributed by atoms with Crippen LogP contribution in [0.2, 0.25) is 0 Å². The maximum Gasteiger partial charge on any atom is 0.324 e. The van der Waals surface area contributed by atoms with Gasteiger partial charge in [0.25, 0.3) is 0 Å². The molecule has 0 fully saturated rings. The van der Waals surface area contributed by atoms with Gasteiger partial charge in [-0.1, -0.05) is 0 Å². The lowest BCUT2D eigenvalue weighted by Crippen LogP contribution is -2.35. The number of nitrogen functional groups attached to an aromatic ring is 1. The average molecular weight is 253 g/mol. The van der Waals surface area contributed by atoms with Gasteiger partial charge < -0.3 is 15.8 Å². The second-order valence-corrected chi connectivity index (χ2v) is 3.21. The molecule has 1 aromatic rings. The Labute approximate surface area is 94.8 Å². The molecule has 17 heavy (non-hydrogen) atoms. The first kappa shape index (κ1) is 13.3. The number of anilines is 2. The Morgan fingerprint density at radius 2 is 2.12 bits per heavy atom. The molecule has 4 nitrogen and oxygen atoms in total. The summed E-state index contributed by atoms with van der Waals surface area (Å²) in [6.45, 7) is -1.25. The van der Waals surface area contributed by atoms with Crippen LogP contribution in [0.4, 0.5) is 29.1 Å². The van der Waals surface area contributed by atoms with Crippen molar-refractivity contribution < 1.29 is 22.3 Å². The van der Waals surface area contributed by atoms with Crippen LogP contribution in [0.15, 0.2) is 12.1 Å². The predicted octanol–water partition coefficient (Wildman–Crippen LogP) is 1.98. The van der Waals surface area contributed by atoms with Gasteiger partial charge in [0.1, 0.15) is 0 Å². The summed E-state index contributed by atoms with van der Waals surface area (Å²) in [6, 6.07) is 2.79. The van der Waals surface area contributed by atoms with Crippen molar-refractivity contribution in [1.29, 1.82) is 0 Å². The van der Waals surface area contributed by atoms with Crippen LogP contribution >= 0.6 is 0 Å². The molecule has 0 aliphatic rings. The molecule has 0 saturated heterocycles. The summed E-state index contributed by atoms with van der Waals surface area (Å²) in [5.74, 6) is -4.12. The third kappa shape index (κ3) is 3.36. The number of pyridine rings is 1. The Balaban J connectivity index is 2.75. The third-order valence-electron chi connectivity index (χ3n) is 1.92. The zero-order chi connectivity index (χ0) is 13.1. The number of alkyl halides is 4. The quantitative estimate of drug-likeness (QED) is 0.788. The van der Waals surface area contributed by atoms with Gasteiger partial charge in [-0.3, -0.25) is 0 Å². The Morgan fingerprint density at radius 1 is 1.47 bits per heavy atom. The van der Waals surface area contributed by atoms with Crippen molar-refractivity contribution in [2.75, 3.05) is 24.7 Å². The lowest BCUT2D eigenvalue weighted by molar-refractivity contribution is -0.117. The van der Waals surface area contributed by atoms with Crippen molar-refractivity contribution in [3.8, 4) is 5.88 Å². The van der Waals surface area contributed by atoms with Crippen LogP contribution in [0, 0.1) is 0 Å². The van der Waals surface area contributed by atoms with Gasteiger partial charge >= 0.3 is 12.3 Å². The number of nitrogens with zero attached hydrogens (tertiary/aromatic N) is 1. The molecule has 3 N–H and O–H groups in total. The summed E-state index contributed by atoms with van der Waals surface area (Å²) in [6.07, 6.45) is -3.75. The fourth-order valence-electron chi connectivity index (χ4n) is 0.986. The minimum atomic E-state index is -4.14. The van der Waals surface area contributed by atoms with Crippen LogP contribution in [0.5, 0.6) is 5.88 Å². The first-order valence-corrected chi connectivity index (χ1v) is 4.57. The first-order valence-electron chi connectivity index (χ1n) is 4.57. The Morgan fingerprint density at radius 3 is 2.65 bits per heavy atom. The summed E-state index contributed by atoms with van der Waals surface area (Å²) in [7, 11) is 1.33. The third-order valence-corrected chi connectivity index (χ3v) is 1.92. The zero-order valence-electron chi connectivity index (χ0n) is 8.88. The molecule has 0 aromatic carbocycles. The van der Waals surface area contributed by atoms with Crippen LogP contribution in [-0.2, 0) is 0 Å². The number of aromatic nitrogens is 1. The van der Waals surface area contributed by atoms with Gasteiger partial charge in [0.15, 0.2) is 5.82 Å². The van der Waals surface area contributed by atoms with Crippen molar-refractivity contribution in [2.45, 2.75) is 12.3 Å². The highest BCUT2D eigenvalue weighted by Gasteiger charge is 2.40. The van der Waals surface area contributed by atoms with E-state index in [-0.39, 0.29) is 17.4 Å². The van der Waals surface area contributed by atoms with Gasteiger partial charge in [-0.05, 0) is 6.07 Å². The molecule has 0 aliphatic carbocycles. The number of hydrogen-bond donors (Lipinski definition) is 2. The number of hydrogen-bond acceptors (Lipinski definition) is 4. The van der Waals surface area contributed by atoms with E-state index in [9.17, 15) is 17.6 Å². The van der Waals surface area contributed by atoms with Gasteiger partial charge in [0.05, 0.1) is 19.3 Å². The molecule has 0 bridgehead atoms. The number of nitrogens with one attached hydrogen (secondary N) is 1. The molecule has 1 rings (SSSR count). The zero-order valence-corrected chi connectivity index (χ0v) is 8.88. The average Bonchev–Trinajstić information content (AvgIpc) is 2.28. The maximum absolute atomic E-state index is 12.6. The maximum atomic E-state index is 12.6. The van der Waals surface area contributed by atoms with Crippen LogP contribution in [0.1, 0.15) is 0 Å². The topological polar surface area (TPSA) is 60.2 Å². The number of ether oxygens (including phenoxy) is 1. The van der Waals surface area contributed by atoms with Gasteiger partial charge in [-0.2, -0.15) is 13.8 Å². The van der Waals surface area contributed by atoms with Crippen molar-refractivity contribution in [1.82, 2.24) is 4.98 Å². The number of rotatable bonds is 5. The molecule has 0 spiro atoms. The highest BCUT2D eigenvalue weighted by molar-refractivity contribution is 5.62. The van der Waals surface area contributed by atoms with E-state index in [1.165, 1.54) is 19.2 Å². The monoisotopic (exact) mass is 253 g/mol. The van der Waals surface area contributed by atoms with E-state index < -0.39 is 18.9 Å². The molecular formula is C9H11F4N3O. The summed E-state index contributed by atoms with van der Waals surface area (Å²) in [4.78, 5) is 3.72. The largest absolute Gasteiger partial charge is 0.481 e. The number of halogens is 4. The van der Waals surface area contributed by atoms with E-state index in [0.29, 0.717) is 0 Å². The summed E-state index contributed by atoms with van der Waals surface area (Å²) < 4.78 is 53.8. The Bertz CT molecular complexity index is 387. The van der Waals surface area contributed by atoms with Crippen LogP contribution in [0.25, 0.3) is 0 Å². The van der Waals surface area contributed by atoms with Gasteiger partial charge in [0, 0.05) is 6.07 Å². The van der Waals surface area contributed by atoms with E-state index in [1.807, 2.05) is 0 Å². The van der Waals surface area contributed by atoms with Crippen LogP contribution in [-0.4, -0.2) is 31.0 Å². The van der Waals surface area contributed by atoms with Crippen molar-refractivity contribution in [2.24, 2.45) is 0 Å². The minimum Gasteiger partial charge on any atom is -0.481 e. The molecule has 0 atom stereocenters. The summed E-state index contributed by atoms with van der Waals surface area (Å²) in [5.41, 5.74) is 5.50. The normalized spacial score (nSPS) is 11.6. The SMILES string of the molecule is COc1ccc(N)c(NCC(F)(F)C(F)F)n1. The second-order valence-electron chi connectivity index (χ2n) is 3.21. The smallest absolute Gasteiger partial charge is 0.324 e. The molecule has 0 radical (unpaired) electrons. The standard InChI is InChI=1S/C9H11F4N3O/c1-17-6-3-2-5(14)7(16-6)15-4-9(12,13)8(10)11/h2-3,8H,4,14H2,1H3,(H,15,16). The summed E-state index contributed by atoms with van der Waals surface area (Å²) >= 11 is 0. The Kier molecular flexibility index (Phi) is 3.97. The summed E-state index contributed by atoms with van der Waals surface area (Å²) in [5, 5.41) is 2.06. The lowest BCUT2D eigenvalue weighted by Gasteiger charge is -2.17. The van der Waals surface area contributed by atoms with Gasteiger partial charge in [-0.25, -0.2) is 8.78 Å². The Hall–Kier alpha value is -1.73.